The minimum atomic E-state index is -0.294. The largest absolute Gasteiger partial charge is 0.377 e. The van der Waals surface area contributed by atoms with Crippen molar-refractivity contribution < 1.29 is 4.92 Å². The monoisotopic (exact) mass is 348 g/mol. The van der Waals surface area contributed by atoms with E-state index >= 15 is 0 Å². The van der Waals surface area contributed by atoms with Crippen LogP contribution in [0.25, 0.3) is 0 Å². The summed E-state index contributed by atoms with van der Waals surface area (Å²) in [6.45, 7) is 6.37. The maximum absolute atomic E-state index is 11.3. The number of nitro groups is 1. The molecule has 0 aromatic heterocycles. The van der Waals surface area contributed by atoms with E-state index < -0.39 is 0 Å². The number of rotatable bonds is 3. The molecule has 0 bridgehead atoms. The average Bonchev–Trinajstić information content (AvgIpc) is 3.11. The van der Waals surface area contributed by atoms with E-state index in [9.17, 15) is 10.1 Å². The van der Waals surface area contributed by atoms with E-state index in [1.807, 2.05) is 6.92 Å². The number of benzene rings is 2. The lowest BCUT2D eigenvalue weighted by molar-refractivity contribution is -0.385. The molecular formula is C22H24N2O2. The Balaban J connectivity index is 1.76. The van der Waals surface area contributed by atoms with Gasteiger partial charge in [-0.25, -0.2) is 0 Å². The van der Waals surface area contributed by atoms with Crippen LogP contribution in [-0.4, -0.2) is 4.92 Å². The first-order chi connectivity index (χ1) is 12.5. The van der Waals surface area contributed by atoms with Crippen LogP contribution >= 0.6 is 0 Å². The molecule has 0 amide bonds. The molecule has 3 atom stereocenters. The lowest BCUT2D eigenvalue weighted by Gasteiger charge is -2.38. The first kappa shape index (κ1) is 16.8. The van der Waals surface area contributed by atoms with Crippen molar-refractivity contribution in [3.05, 3.63) is 80.9 Å². The highest BCUT2D eigenvalue weighted by Crippen LogP contribution is 2.51. The van der Waals surface area contributed by atoms with Crippen LogP contribution in [0.4, 0.5) is 11.4 Å². The van der Waals surface area contributed by atoms with Gasteiger partial charge in [0.2, 0.25) is 0 Å². The van der Waals surface area contributed by atoms with Crippen molar-refractivity contribution >= 4 is 11.4 Å². The Kier molecular flexibility index (Phi) is 4.06. The molecule has 2 aromatic carbocycles. The molecule has 0 saturated carbocycles. The fourth-order valence-electron chi connectivity index (χ4n) is 4.39. The Bertz CT molecular complexity index is 884. The molecular weight excluding hydrogens is 324 g/mol. The molecule has 0 unspecified atom stereocenters. The topological polar surface area (TPSA) is 55.2 Å². The van der Waals surface area contributed by atoms with Crippen molar-refractivity contribution in [2.75, 3.05) is 5.32 Å². The SMILES string of the molecule is Cc1cc([N+](=O)[O-])cc2c1N[C@H](c1ccc(C(C)C)cc1)[C@H]1CC=C[C@H]21. The van der Waals surface area contributed by atoms with Gasteiger partial charge in [0.05, 0.1) is 11.0 Å². The van der Waals surface area contributed by atoms with E-state index in [1.54, 1.807) is 12.1 Å². The summed E-state index contributed by atoms with van der Waals surface area (Å²) >= 11 is 0. The van der Waals surface area contributed by atoms with Crippen molar-refractivity contribution in [1.29, 1.82) is 0 Å². The molecule has 0 fully saturated rings. The molecule has 2 aromatic rings. The first-order valence-corrected chi connectivity index (χ1v) is 9.27. The van der Waals surface area contributed by atoms with Crippen LogP contribution in [0.2, 0.25) is 0 Å². The summed E-state index contributed by atoms with van der Waals surface area (Å²) in [5.41, 5.74) is 5.87. The Labute approximate surface area is 154 Å². The molecule has 4 nitrogen and oxygen atoms in total. The smallest absolute Gasteiger partial charge is 0.270 e. The van der Waals surface area contributed by atoms with Crippen LogP contribution in [0.3, 0.4) is 0 Å². The van der Waals surface area contributed by atoms with Crippen LogP contribution in [0, 0.1) is 23.0 Å². The fourth-order valence-corrected chi connectivity index (χ4v) is 4.39. The zero-order valence-electron chi connectivity index (χ0n) is 15.4. The molecule has 0 saturated heterocycles. The van der Waals surface area contributed by atoms with E-state index in [2.05, 4.69) is 55.6 Å². The van der Waals surface area contributed by atoms with Crippen molar-refractivity contribution in [1.82, 2.24) is 0 Å². The molecule has 134 valence electrons. The molecule has 4 rings (SSSR count). The Morgan fingerprint density at radius 1 is 1.19 bits per heavy atom. The van der Waals surface area contributed by atoms with Crippen LogP contribution in [0.5, 0.6) is 0 Å². The zero-order chi connectivity index (χ0) is 18.4. The summed E-state index contributed by atoms with van der Waals surface area (Å²) in [5, 5.41) is 15.0. The van der Waals surface area contributed by atoms with Gasteiger partial charge >= 0.3 is 0 Å². The number of aryl methyl sites for hydroxylation is 1. The number of nitro benzene ring substituents is 1. The van der Waals surface area contributed by atoms with Gasteiger partial charge in [-0.05, 0) is 47.4 Å². The number of nitrogens with one attached hydrogen (secondary N) is 1. The minimum Gasteiger partial charge on any atom is -0.377 e. The van der Waals surface area contributed by atoms with Crippen LogP contribution in [-0.2, 0) is 0 Å². The van der Waals surface area contributed by atoms with E-state index in [-0.39, 0.29) is 22.6 Å². The number of allylic oxidation sites excluding steroid dienone is 2. The number of hydrogen-bond acceptors (Lipinski definition) is 3. The molecule has 2 aliphatic rings. The highest BCUT2D eigenvalue weighted by molar-refractivity contribution is 5.67. The molecule has 1 aliphatic carbocycles. The maximum atomic E-state index is 11.3. The molecule has 0 spiro atoms. The third kappa shape index (κ3) is 2.70. The van der Waals surface area contributed by atoms with Crippen molar-refractivity contribution in [2.24, 2.45) is 5.92 Å². The Hall–Kier alpha value is -2.62. The third-order valence-corrected chi connectivity index (χ3v) is 5.82. The molecule has 0 radical (unpaired) electrons. The van der Waals surface area contributed by atoms with Gasteiger partial charge in [0.25, 0.3) is 5.69 Å². The first-order valence-electron chi connectivity index (χ1n) is 9.27. The standard InChI is InChI=1S/C22H24N2O2/c1-13(2)15-7-9-16(10-8-15)22-19-6-4-5-18(19)20-12-17(24(25)26)11-14(3)21(20)23-22/h4-5,7-13,18-19,22-23H,6H2,1-3H3/t18-,19-,22+/m0/s1. The number of anilines is 1. The van der Waals surface area contributed by atoms with Gasteiger partial charge in [0.1, 0.15) is 0 Å². The second-order valence-corrected chi connectivity index (χ2v) is 7.78. The van der Waals surface area contributed by atoms with Crippen molar-refractivity contribution in [3.8, 4) is 0 Å². The van der Waals surface area contributed by atoms with Crippen LogP contribution in [0.15, 0.2) is 48.6 Å². The number of nitrogens with zero attached hydrogens (tertiary/aromatic N) is 1. The summed E-state index contributed by atoms with van der Waals surface area (Å²) < 4.78 is 0. The third-order valence-electron chi connectivity index (χ3n) is 5.82. The Morgan fingerprint density at radius 3 is 2.58 bits per heavy atom. The molecule has 1 N–H and O–H groups in total. The van der Waals surface area contributed by atoms with Gasteiger partial charge in [-0.15, -0.1) is 0 Å². The van der Waals surface area contributed by atoms with Crippen molar-refractivity contribution in [3.63, 3.8) is 0 Å². The summed E-state index contributed by atoms with van der Waals surface area (Å²) in [6.07, 6.45) is 5.44. The second kappa shape index (κ2) is 6.27. The lowest BCUT2D eigenvalue weighted by Crippen LogP contribution is -2.29. The van der Waals surface area contributed by atoms with E-state index in [1.165, 1.54) is 11.1 Å². The Morgan fingerprint density at radius 2 is 1.92 bits per heavy atom. The highest BCUT2D eigenvalue weighted by Gasteiger charge is 2.39. The van der Waals surface area contributed by atoms with Crippen molar-refractivity contribution in [2.45, 2.75) is 45.1 Å². The minimum absolute atomic E-state index is 0.182. The van der Waals surface area contributed by atoms with Gasteiger partial charge in [-0.1, -0.05) is 50.3 Å². The number of fused-ring (bicyclic) bond motifs is 3. The van der Waals surface area contributed by atoms with E-state index in [4.69, 9.17) is 0 Å². The normalized spacial score (nSPS) is 23.5. The quantitative estimate of drug-likeness (QED) is 0.430. The van der Waals surface area contributed by atoms with E-state index in [0.29, 0.717) is 11.8 Å². The maximum Gasteiger partial charge on any atom is 0.270 e. The van der Waals surface area contributed by atoms with Gasteiger partial charge in [0, 0.05) is 23.7 Å². The lowest BCUT2D eigenvalue weighted by atomic mass is 9.76. The van der Waals surface area contributed by atoms with Gasteiger partial charge in [-0.3, -0.25) is 10.1 Å². The van der Waals surface area contributed by atoms with Gasteiger partial charge in [0.15, 0.2) is 0 Å². The zero-order valence-corrected chi connectivity index (χ0v) is 15.4. The summed E-state index contributed by atoms with van der Waals surface area (Å²) in [7, 11) is 0. The fraction of sp³-hybridized carbons (Fsp3) is 0.364. The summed E-state index contributed by atoms with van der Waals surface area (Å²) in [4.78, 5) is 11.0. The average molecular weight is 348 g/mol. The van der Waals surface area contributed by atoms with Crippen LogP contribution in [0.1, 0.15) is 60.4 Å². The number of hydrogen-bond donors (Lipinski definition) is 1. The molecule has 1 heterocycles. The molecule has 4 heteroatoms. The van der Waals surface area contributed by atoms with Gasteiger partial charge in [-0.2, -0.15) is 0 Å². The van der Waals surface area contributed by atoms with Gasteiger partial charge < -0.3 is 5.32 Å². The predicted octanol–water partition coefficient (Wildman–Crippen LogP) is 5.85. The molecule has 1 aliphatic heterocycles. The van der Waals surface area contributed by atoms with Crippen LogP contribution < -0.4 is 5.32 Å². The molecule has 26 heavy (non-hydrogen) atoms. The highest BCUT2D eigenvalue weighted by atomic mass is 16.6. The number of non-ortho nitro benzene ring substituents is 1. The summed E-state index contributed by atoms with van der Waals surface area (Å²) in [5.74, 6) is 1.15. The second-order valence-electron chi connectivity index (χ2n) is 7.78. The van der Waals surface area contributed by atoms with E-state index in [0.717, 1.165) is 23.2 Å². The predicted molar refractivity (Wildman–Crippen MR) is 105 cm³/mol. The summed E-state index contributed by atoms with van der Waals surface area (Å²) in [6, 6.07) is 12.5.